The number of rotatable bonds is 5. The zero-order valence-corrected chi connectivity index (χ0v) is 17.8. The van der Waals surface area contributed by atoms with Crippen LogP contribution < -0.4 is 15.4 Å². The first-order valence-electron chi connectivity index (χ1n) is 12.8. The average Bonchev–Trinajstić information content (AvgIpc) is 3.51. The zero-order valence-electron chi connectivity index (χ0n) is 22.8. The van der Waals surface area contributed by atoms with Crippen LogP contribution in [0.3, 0.4) is 0 Å². The highest BCUT2D eigenvalue weighted by molar-refractivity contribution is 6.06. The molecule has 178 valence electrons. The summed E-state index contributed by atoms with van der Waals surface area (Å²) in [5, 5.41) is 5.80. The molecule has 5 aromatic rings. The van der Waals surface area contributed by atoms with Gasteiger partial charge in [-0.1, -0.05) is 6.07 Å². The van der Waals surface area contributed by atoms with Crippen molar-refractivity contribution in [2.24, 2.45) is 0 Å². The van der Waals surface area contributed by atoms with Crippen LogP contribution >= 0.6 is 0 Å². The lowest BCUT2D eigenvalue weighted by Gasteiger charge is -2.14. The number of H-pyrrole nitrogens is 1. The van der Waals surface area contributed by atoms with Crippen molar-refractivity contribution in [2.75, 3.05) is 17.7 Å². The number of methoxy groups -OCH3 is 1. The second-order valence-electron chi connectivity index (χ2n) is 7.52. The van der Waals surface area contributed by atoms with Crippen LogP contribution in [-0.2, 0) is 12.7 Å². The number of alkyl halides is 3. The van der Waals surface area contributed by atoms with Gasteiger partial charge in [0.25, 0.3) is 0 Å². The van der Waals surface area contributed by atoms with E-state index in [1.54, 1.807) is 36.5 Å². The average molecular weight is 484 g/mol. The molecular weight excluding hydrogens is 459 g/mol. The van der Waals surface area contributed by atoms with Gasteiger partial charge in [0.05, 0.1) is 36.3 Å². The fourth-order valence-electron chi connectivity index (χ4n) is 3.73. The maximum Gasteiger partial charge on any atom is 0.416 e. The van der Waals surface area contributed by atoms with E-state index >= 15 is 0 Å². The maximum absolute atomic E-state index is 13.3. The third-order valence-corrected chi connectivity index (χ3v) is 5.35. The fraction of sp³-hybridized carbons (Fsp3) is 0.120. The Morgan fingerprint density at radius 2 is 2.00 bits per heavy atom. The van der Waals surface area contributed by atoms with E-state index in [1.165, 1.54) is 23.0 Å². The third kappa shape index (κ3) is 4.37. The highest BCUT2D eigenvalue weighted by Gasteiger charge is 2.31. The number of nitrogens with zero attached hydrogens (tertiary/aromatic N) is 2. The molecule has 5 rings (SSSR count). The Balaban J connectivity index is 1.46. The summed E-state index contributed by atoms with van der Waals surface area (Å²) in [6.45, 7) is -2.02. The van der Waals surface area contributed by atoms with Gasteiger partial charge in [-0.25, -0.2) is 9.78 Å². The van der Waals surface area contributed by atoms with Crippen LogP contribution in [0.2, 0.25) is 0 Å². The molecule has 0 aliphatic heterocycles. The number of amides is 2. The number of hydrogen-bond donors (Lipinski definition) is 3. The fourth-order valence-corrected chi connectivity index (χ4v) is 3.73. The largest absolute Gasteiger partial charge is 0.495 e. The number of anilines is 2. The number of halogens is 3. The standard InChI is InChI=1S/C25H20F3N5O2/c1-35-22-6-5-16(25(26,27)28)13-20(22)32-24(34)31-19-3-2-4-21-18(19)9-12-33(21)14-15-7-10-29-23-17(15)8-11-30-23/h2-13H,14H2,1H3,(H,29,30)(H2,31,32,34)/i1D3,14D2. The summed E-state index contributed by atoms with van der Waals surface area (Å²) in [6, 6.07) is 10.7. The predicted molar refractivity (Wildman–Crippen MR) is 128 cm³/mol. The molecule has 0 bridgehead atoms. The quantitative estimate of drug-likeness (QED) is 0.276. The number of aromatic nitrogens is 3. The molecule has 0 aliphatic rings. The van der Waals surface area contributed by atoms with Gasteiger partial charge in [0.15, 0.2) is 0 Å². The summed E-state index contributed by atoms with van der Waals surface area (Å²) < 4.78 is 85.5. The van der Waals surface area contributed by atoms with Crippen molar-refractivity contribution in [1.29, 1.82) is 0 Å². The van der Waals surface area contributed by atoms with Crippen molar-refractivity contribution in [3.8, 4) is 5.75 Å². The van der Waals surface area contributed by atoms with Gasteiger partial charge in [0, 0.05) is 35.9 Å². The Labute approximate surface area is 204 Å². The lowest BCUT2D eigenvalue weighted by Crippen LogP contribution is -2.20. The minimum atomic E-state index is -4.75. The molecule has 2 amide bonds. The molecule has 7 nitrogen and oxygen atoms in total. The lowest BCUT2D eigenvalue weighted by atomic mass is 10.1. The molecular formula is C25H20F3N5O2. The molecule has 10 heteroatoms. The number of benzene rings is 2. The molecule has 0 unspecified atom stereocenters. The molecule has 0 saturated carbocycles. The van der Waals surface area contributed by atoms with E-state index in [-0.39, 0.29) is 5.69 Å². The SMILES string of the molecule is [2H]C([2H])([2H])Oc1ccc(C(F)(F)F)cc1NC(=O)Nc1cccc2c1ccn2C([2H])([2H])c1ccnc2[nH]ccc12. The lowest BCUT2D eigenvalue weighted by molar-refractivity contribution is -0.137. The minimum Gasteiger partial charge on any atom is -0.495 e. The molecule has 3 N–H and O–H groups in total. The van der Waals surface area contributed by atoms with E-state index in [9.17, 15) is 18.0 Å². The Hall–Kier alpha value is -4.47. The van der Waals surface area contributed by atoms with Crippen molar-refractivity contribution in [1.82, 2.24) is 14.5 Å². The van der Waals surface area contributed by atoms with Crippen LogP contribution in [-0.4, -0.2) is 27.6 Å². The van der Waals surface area contributed by atoms with Crippen LogP contribution in [0, 0.1) is 0 Å². The van der Waals surface area contributed by atoms with E-state index in [0.29, 0.717) is 39.6 Å². The van der Waals surface area contributed by atoms with Gasteiger partial charge < -0.3 is 24.9 Å². The molecule has 0 spiro atoms. The van der Waals surface area contributed by atoms with Crippen LogP contribution in [0.15, 0.2) is 73.2 Å². The predicted octanol–water partition coefficient (Wildman–Crippen LogP) is 6.24. The molecule has 0 radical (unpaired) electrons. The molecule has 0 fully saturated rings. The zero-order chi connectivity index (χ0) is 28.9. The van der Waals surface area contributed by atoms with Gasteiger partial charge in [-0.15, -0.1) is 0 Å². The number of fused-ring (bicyclic) bond motifs is 2. The number of hydrogen-bond acceptors (Lipinski definition) is 3. The summed E-state index contributed by atoms with van der Waals surface area (Å²) in [7, 11) is -2.97. The number of ether oxygens (including phenoxy) is 1. The first kappa shape index (κ1) is 17.0. The van der Waals surface area contributed by atoms with Gasteiger partial charge in [0.1, 0.15) is 11.4 Å². The summed E-state index contributed by atoms with van der Waals surface area (Å²) in [4.78, 5) is 20.0. The highest BCUT2D eigenvalue weighted by atomic mass is 19.4. The van der Waals surface area contributed by atoms with Crippen molar-refractivity contribution in [2.45, 2.75) is 12.7 Å². The van der Waals surface area contributed by atoms with E-state index in [1.807, 2.05) is 0 Å². The molecule has 35 heavy (non-hydrogen) atoms. The summed E-state index contributed by atoms with van der Waals surface area (Å²) in [6.07, 6.45) is -0.0843. The van der Waals surface area contributed by atoms with Crippen LogP contribution in [0.25, 0.3) is 21.9 Å². The molecule has 0 saturated heterocycles. The first-order valence-corrected chi connectivity index (χ1v) is 10.3. The van der Waals surface area contributed by atoms with Crippen molar-refractivity contribution >= 4 is 39.3 Å². The third-order valence-electron chi connectivity index (χ3n) is 5.35. The van der Waals surface area contributed by atoms with Gasteiger partial charge in [-0.05, 0) is 54.1 Å². The number of pyridine rings is 1. The Morgan fingerprint density at radius 1 is 1.14 bits per heavy atom. The number of carbonyl (C=O) groups is 1. The van der Waals surface area contributed by atoms with Gasteiger partial charge >= 0.3 is 12.2 Å². The normalized spacial score (nSPS) is 14.5. The van der Waals surface area contributed by atoms with Crippen LogP contribution in [0.4, 0.5) is 29.3 Å². The maximum atomic E-state index is 13.3. The van der Waals surface area contributed by atoms with E-state index in [4.69, 9.17) is 11.6 Å². The number of carbonyl (C=O) groups excluding carboxylic acids is 1. The minimum absolute atomic E-state index is 0.233. The van der Waals surface area contributed by atoms with E-state index < -0.39 is 42.7 Å². The van der Waals surface area contributed by atoms with Gasteiger partial charge in [0.2, 0.25) is 0 Å². The Bertz CT molecular complexity index is 1730. The Kier molecular flexibility index (Phi) is 4.24. The first-order chi connectivity index (χ1) is 18.7. The number of urea groups is 1. The van der Waals surface area contributed by atoms with Crippen LogP contribution in [0.5, 0.6) is 5.75 Å². The molecule has 0 atom stereocenters. The van der Waals surface area contributed by atoms with Crippen molar-refractivity contribution in [3.63, 3.8) is 0 Å². The van der Waals surface area contributed by atoms with E-state index in [2.05, 4.69) is 20.6 Å². The topological polar surface area (TPSA) is 84.0 Å². The molecule has 3 heterocycles. The summed E-state index contributed by atoms with van der Waals surface area (Å²) >= 11 is 0. The highest BCUT2D eigenvalue weighted by Crippen LogP contribution is 2.35. The van der Waals surface area contributed by atoms with Crippen molar-refractivity contribution in [3.05, 3.63) is 84.3 Å². The van der Waals surface area contributed by atoms with Crippen LogP contribution in [0.1, 0.15) is 18.0 Å². The molecule has 3 aromatic heterocycles. The summed E-state index contributed by atoms with van der Waals surface area (Å²) in [5.74, 6) is -0.478. The smallest absolute Gasteiger partial charge is 0.416 e. The second kappa shape index (κ2) is 8.71. The van der Waals surface area contributed by atoms with Gasteiger partial charge in [-0.3, -0.25) is 0 Å². The number of aromatic amines is 1. The Morgan fingerprint density at radius 3 is 2.83 bits per heavy atom. The van der Waals surface area contributed by atoms with Gasteiger partial charge in [-0.2, -0.15) is 13.2 Å². The summed E-state index contributed by atoms with van der Waals surface area (Å²) in [5.41, 5.74) is -0.0791. The van der Waals surface area contributed by atoms with Crippen molar-refractivity contribution < 1.29 is 29.6 Å². The monoisotopic (exact) mass is 484 g/mol. The molecule has 0 aliphatic carbocycles. The second-order valence-corrected chi connectivity index (χ2v) is 7.52. The number of nitrogens with one attached hydrogen (secondary N) is 3. The molecule has 2 aromatic carbocycles. The van der Waals surface area contributed by atoms with E-state index in [0.717, 1.165) is 6.07 Å².